The smallest absolute Gasteiger partial charge is 0.222 e. The van der Waals surface area contributed by atoms with Crippen molar-refractivity contribution in [3.63, 3.8) is 0 Å². The predicted octanol–water partition coefficient (Wildman–Crippen LogP) is 0.862. The first kappa shape index (κ1) is 13.5. The van der Waals surface area contributed by atoms with Crippen LogP contribution in [0.25, 0.3) is 0 Å². The lowest BCUT2D eigenvalue weighted by atomic mass is 10.1. The van der Waals surface area contributed by atoms with Crippen LogP contribution in [0.4, 0.5) is 0 Å². The Kier molecular flexibility index (Phi) is 4.74. The molecule has 2 heterocycles. The topological polar surface area (TPSA) is 52.6 Å². The summed E-state index contributed by atoms with van der Waals surface area (Å²) in [5.41, 5.74) is 0. The standard InChI is InChI=1S/C13H20N2O2S/c1-15(11-8-14-9-12(11)16)13(17)6-2-4-10-5-3-7-18-10/h3,5,7,11-12,14,16H,2,4,6,8-9H2,1H3/t11-,12-/m1/s1. The SMILES string of the molecule is CN(C(=O)CCCc1cccs1)[C@@H]1CNC[C@H]1O. The third-order valence-corrected chi connectivity index (χ3v) is 4.37. The minimum absolute atomic E-state index is 0.0702. The van der Waals surface area contributed by atoms with Crippen molar-refractivity contribution >= 4 is 17.2 Å². The van der Waals surface area contributed by atoms with Crippen LogP contribution in [0.1, 0.15) is 17.7 Å². The minimum atomic E-state index is -0.434. The molecule has 2 atom stereocenters. The van der Waals surface area contributed by atoms with E-state index in [1.54, 1.807) is 23.3 Å². The third kappa shape index (κ3) is 3.31. The number of rotatable bonds is 5. The largest absolute Gasteiger partial charge is 0.390 e. The van der Waals surface area contributed by atoms with E-state index in [1.165, 1.54) is 4.88 Å². The Hall–Kier alpha value is -0.910. The lowest BCUT2D eigenvalue weighted by Crippen LogP contribution is -2.44. The van der Waals surface area contributed by atoms with Crippen LogP contribution in [0, 0.1) is 0 Å². The van der Waals surface area contributed by atoms with Gasteiger partial charge >= 0.3 is 0 Å². The Bertz CT molecular complexity index is 380. The van der Waals surface area contributed by atoms with E-state index in [9.17, 15) is 9.90 Å². The summed E-state index contributed by atoms with van der Waals surface area (Å²) in [5, 5.41) is 14.9. The molecule has 1 aliphatic rings. The molecule has 1 saturated heterocycles. The summed E-state index contributed by atoms with van der Waals surface area (Å²) in [6.07, 6.45) is 1.96. The van der Waals surface area contributed by atoms with Crippen molar-refractivity contribution in [2.75, 3.05) is 20.1 Å². The van der Waals surface area contributed by atoms with Crippen LogP contribution in [-0.2, 0) is 11.2 Å². The molecule has 1 aromatic heterocycles. The maximum Gasteiger partial charge on any atom is 0.222 e. The second-order valence-electron chi connectivity index (χ2n) is 4.73. The normalized spacial score (nSPS) is 23.2. The average Bonchev–Trinajstić information content (AvgIpc) is 2.99. The van der Waals surface area contributed by atoms with Crippen molar-refractivity contribution in [1.82, 2.24) is 10.2 Å². The molecule has 5 heteroatoms. The van der Waals surface area contributed by atoms with Crippen LogP contribution < -0.4 is 5.32 Å². The number of hydrogen-bond acceptors (Lipinski definition) is 4. The van der Waals surface area contributed by atoms with Gasteiger partial charge in [0.15, 0.2) is 0 Å². The van der Waals surface area contributed by atoms with E-state index in [0.29, 0.717) is 19.5 Å². The maximum absolute atomic E-state index is 12.0. The van der Waals surface area contributed by atoms with E-state index in [4.69, 9.17) is 0 Å². The number of nitrogens with one attached hydrogen (secondary N) is 1. The van der Waals surface area contributed by atoms with E-state index in [-0.39, 0.29) is 11.9 Å². The summed E-state index contributed by atoms with van der Waals surface area (Å²) < 4.78 is 0. The van der Waals surface area contributed by atoms with Crippen LogP contribution in [0.5, 0.6) is 0 Å². The molecule has 1 aliphatic heterocycles. The first-order valence-corrected chi connectivity index (χ1v) is 7.23. The Balaban J connectivity index is 1.73. The molecule has 2 N–H and O–H groups in total. The molecule has 0 spiro atoms. The van der Waals surface area contributed by atoms with Crippen molar-refractivity contribution < 1.29 is 9.90 Å². The summed E-state index contributed by atoms with van der Waals surface area (Å²) in [4.78, 5) is 15.0. The number of aliphatic hydroxyl groups is 1. The molecule has 4 nitrogen and oxygen atoms in total. The van der Waals surface area contributed by atoms with Gasteiger partial charge in [-0.25, -0.2) is 0 Å². The molecule has 0 saturated carbocycles. The number of likely N-dealkylation sites (N-methyl/N-ethyl adjacent to an activating group) is 1. The number of β-amino-alcohol motifs (C(OH)–C–C–N with tert-alkyl or cyclic N) is 1. The van der Waals surface area contributed by atoms with E-state index >= 15 is 0 Å². The summed E-state index contributed by atoms with van der Waals surface area (Å²) in [6.45, 7) is 1.27. The van der Waals surface area contributed by atoms with Gasteiger partial charge in [-0.1, -0.05) is 6.07 Å². The lowest BCUT2D eigenvalue weighted by molar-refractivity contribution is -0.133. The molecular weight excluding hydrogens is 248 g/mol. The number of hydrogen-bond donors (Lipinski definition) is 2. The highest BCUT2D eigenvalue weighted by atomic mass is 32.1. The van der Waals surface area contributed by atoms with Crippen LogP contribution in [0.3, 0.4) is 0 Å². The fourth-order valence-electron chi connectivity index (χ4n) is 2.28. The number of carbonyl (C=O) groups is 1. The molecule has 0 bridgehead atoms. The van der Waals surface area contributed by atoms with Crippen LogP contribution in [0.2, 0.25) is 0 Å². The third-order valence-electron chi connectivity index (χ3n) is 3.44. The predicted molar refractivity (Wildman–Crippen MR) is 72.7 cm³/mol. The van der Waals surface area contributed by atoms with Gasteiger partial charge < -0.3 is 15.3 Å². The van der Waals surface area contributed by atoms with Gasteiger partial charge in [0, 0.05) is 31.4 Å². The molecule has 0 unspecified atom stereocenters. The van der Waals surface area contributed by atoms with Gasteiger partial charge in [0.25, 0.3) is 0 Å². The van der Waals surface area contributed by atoms with Crippen molar-refractivity contribution in [2.24, 2.45) is 0 Å². The van der Waals surface area contributed by atoms with Gasteiger partial charge in [-0.2, -0.15) is 0 Å². The Labute approximate surface area is 112 Å². The molecule has 1 amide bonds. The molecule has 1 aromatic rings. The molecule has 0 aromatic carbocycles. The van der Waals surface area contributed by atoms with Crippen LogP contribution in [0.15, 0.2) is 17.5 Å². The van der Waals surface area contributed by atoms with Crippen molar-refractivity contribution in [3.8, 4) is 0 Å². The molecule has 0 aliphatic carbocycles. The molecule has 100 valence electrons. The molecule has 0 radical (unpaired) electrons. The lowest BCUT2D eigenvalue weighted by Gasteiger charge is -2.26. The number of aryl methyl sites for hydroxylation is 1. The van der Waals surface area contributed by atoms with Gasteiger partial charge in [0.1, 0.15) is 0 Å². The van der Waals surface area contributed by atoms with Crippen molar-refractivity contribution in [1.29, 1.82) is 0 Å². The molecular formula is C13H20N2O2S. The van der Waals surface area contributed by atoms with E-state index in [1.807, 2.05) is 6.07 Å². The van der Waals surface area contributed by atoms with Gasteiger partial charge in [0.05, 0.1) is 12.1 Å². The maximum atomic E-state index is 12.0. The zero-order valence-electron chi connectivity index (χ0n) is 10.6. The first-order valence-electron chi connectivity index (χ1n) is 6.35. The fourth-order valence-corrected chi connectivity index (χ4v) is 3.03. The van der Waals surface area contributed by atoms with Gasteiger partial charge in [0.2, 0.25) is 5.91 Å². The Morgan fingerprint density at radius 1 is 1.61 bits per heavy atom. The zero-order valence-corrected chi connectivity index (χ0v) is 11.4. The van der Waals surface area contributed by atoms with Gasteiger partial charge in [-0.05, 0) is 24.3 Å². The second-order valence-corrected chi connectivity index (χ2v) is 5.76. The summed E-state index contributed by atoms with van der Waals surface area (Å²) in [7, 11) is 1.79. The molecule has 1 fully saturated rings. The van der Waals surface area contributed by atoms with Crippen molar-refractivity contribution in [3.05, 3.63) is 22.4 Å². The van der Waals surface area contributed by atoms with Crippen LogP contribution in [-0.4, -0.2) is 48.2 Å². The first-order chi connectivity index (χ1) is 8.68. The fraction of sp³-hybridized carbons (Fsp3) is 0.615. The van der Waals surface area contributed by atoms with E-state index in [2.05, 4.69) is 16.8 Å². The Morgan fingerprint density at radius 3 is 3.06 bits per heavy atom. The molecule has 18 heavy (non-hydrogen) atoms. The minimum Gasteiger partial charge on any atom is -0.390 e. The van der Waals surface area contributed by atoms with E-state index in [0.717, 1.165) is 12.8 Å². The number of nitrogens with zero attached hydrogens (tertiary/aromatic N) is 1. The zero-order chi connectivity index (χ0) is 13.0. The highest BCUT2D eigenvalue weighted by molar-refractivity contribution is 7.09. The highest BCUT2D eigenvalue weighted by Crippen LogP contribution is 2.14. The number of carbonyl (C=O) groups excluding carboxylic acids is 1. The molecule has 2 rings (SSSR count). The monoisotopic (exact) mass is 268 g/mol. The second kappa shape index (κ2) is 6.31. The number of thiophene rings is 1. The van der Waals surface area contributed by atoms with Gasteiger partial charge in [-0.3, -0.25) is 4.79 Å². The van der Waals surface area contributed by atoms with Crippen molar-refractivity contribution in [2.45, 2.75) is 31.4 Å². The average molecular weight is 268 g/mol. The van der Waals surface area contributed by atoms with E-state index < -0.39 is 6.10 Å². The number of amides is 1. The van der Waals surface area contributed by atoms with Crippen LogP contribution >= 0.6 is 11.3 Å². The van der Waals surface area contributed by atoms with Gasteiger partial charge in [-0.15, -0.1) is 11.3 Å². The quantitative estimate of drug-likeness (QED) is 0.833. The number of aliphatic hydroxyl groups excluding tert-OH is 1. The summed E-state index contributed by atoms with van der Waals surface area (Å²) >= 11 is 1.73. The highest BCUT2D eigenvalue weighted by Gasteiger charge is 2.30. The summed E-state index contributed by atoms with van der Waals surface area (Å²) in [5.74, 6) is 0.124. The summed E-state index contributed by atoms with van der Waals surface area (Å²) in [6, 6.07) is 4.07. The Morgan fingerprint density at radius 2 is 2.44 bits per heavy atom.